The van der Waals surface area contributed by atoms with Crippen LogP contribution in [-0.2, 0) is 19.2 Å². The third-order valence-electron chi connectivity index (χ3n) is 6.53. The summed E-state index contributed by atoms with van der Waals surface area (Å²) in [6.07, 6.45) is 2.32. The van der Waals surface area contributed by atoms with Crippen LogP contribution in [0, 0.1) is 5.92 Å². The van der Waals surface area contributed by atoms with Crippen molar-refractivity contribution in [2.75, 3.05) is 18.1 Å². The number of hydrogen-bond donors (Lipinski definition) is 4. The van der Waals surface area contributed by atoms with E-state index in [4.69, 9.17) is 5.11 Å². The molecule has 0 bridgehead atoms. The summed E-state index contributed by atoms with van der Waals surface area (Å²) in [6, 6.07) is 5.28. The molecular weight excluding hydrogens is 506 g/mol. The largest absolute Gasteiger partial charge is 0.478 e. The summed E-state index contributed by atoms with van der Waals surface area (Å²) >= 11 is 2.60. The SMILES string of the molecule is O=C(CSc1ccc(C(=O)O)cc1)N[C@@H]1C(=O)N2C(C(=O)O)=C(C(=C3CCNC3=O)C3CC3)CS[C@H]12. The molecule has 4 aliphatic rings. The highest BCUT2D eigenvalue weighted by atomic mass is 32.2. The summed E-state index contributed by atoms with van der Waals surface area (Å²) in [5.74, 6) is -2.78. The summed E-state index contributed by atoms with van der Waals surface area (Å²) in [4.78, 5) is 63.1. The zero-order valence-corrected chi connectivity index (χ0v) is 20.6. The summed E-state index contributed by atoms with van der Waals surface area (Å²) in [5, 5.41) is 24.0. The number of allylic oxidation sites excluding steroid dienone is 1. The van der Waals surface area contributed by atoms with Crippen molar-refractivity contribution in [1.29, 1.82) is 0 Å². The molecule has 188 valence electrons. The van der Waals surface area contributed by atoms with E-state index >= 15 is 0 Å². The van der Waals surface area contributed by atoms with Gasteiger partial charge in [0.1, 0.15) is 17.1 Å². The molecule has 0 spiro atoms. The van der Waals surface area contributed by atoms with Gasteiger partial charge in [-0.1, -0.05) is 0 Å². The zero-order valence-electron chi connectivity index (χ0n) is 19.0. The van der Waals surface area contributed by atoms with Crippen LogP contribution in [-0.4, -0.2) is 74.2 Å². The quantitative estimate of drug-likeness (QED) is 0.223. The van der Waals surface area contributed by atoms with Crippen molar-refractivity contribution in [1.82, 2.24) is 15.5 Å². The zero-order chi connectivity index (χ0) is 25.6. The number of β-lactam (4-membered cyclic amide) rings is 1. The minimum absolute atomic E-state index is 0.0213. The van der Waals surface area contributed by atoms with Crippen LogP contribution in [0.2, 0.25) is 0 Å². The van der Waals surface area contributed by atoms with E-state index in [0.29, 0.717) is 34.8 Å². The fraction of sp³-hybridized carbons (Fsp3) is 0.375. The van der Waals surface area contributed by atoms with E-state index < -0.39 is 29.3 Å². The molecule has 3 aliphatic heterocycles. The van der Waals surface area contributed by atoms with E-state index in [2.05, 4.69) is 10.6 Å². The van der Waals surface area contributed by atoms with E-state index in [1.807, 2.05) is 0 Å². The van der Waals surface area contributed by atoms with Crippen LogP contribution in [0.4, 0.5) is 0 Å². The second-order valence-electron chi connectivity index (χ2n) is 8.88. The molecule has 1 saturated carbocycles. The Kier molecular flexibility index (Phi) is 6.56. The normalized spacial score (nSPS) is 24.6. The van der Waals surface area contributed by atoms with Crippen molar-refractivity contribution in [2.24, 2.45) is 5.92 Å². The number of amides is 3. The first-order valence-corrected chi connectivity index (χ1v) is 13.5. The van der Waals surface area contributed by atoms with Crippen LogP contribution in [0.1, 0.15) is 29.6 Å². The Labute approximate surface area is 214 Å². The minimum atomic E-state index is -1.22. The van der Waals surface area contributed by atoms with Gasteiger partial charge in [-0.2, -0.15) is 0 Å². The number of carbonyl (C=O) groups excluding carboxylic acids is 3. The minimum Gasteiger partial charge on any atom is -0.478 e. The molecule has 4 N–H and O–H groups in total. The lowest BCUT2D eigenvalue weighted by molar-refractivity contribution is -0.150. The maximum atomic E-state index is 13.0. The summed E-state index contributed by atoms with van der Waals surface area (Å²) in [6.45, 7) is 0.522. The number of nitrogens with one attached hydrogen (secondary N) is 2. The standard InChI is InChI=1S/C24H23N3O7S2/c28-16(10-35-13-5-3-12(4-6-13)23(31)32)26-18-21(30)27-19(24(33)34)15(9-36-22(18)27)17(11-1-2-11)14-7-8-25-20(14)29/h3-6,11,18,22H,1-2,7-10H2,(H,25,29)(H,26,28)(H,31,32)(H,33,34)/t18-,22-/m1/s1. The van der Waals surface area contributed by atoms with Crippen molar-refractivity contribution < 1.29 is 34.2 Å². The van der Waals surface area contributed by atoms with Crippen LogP contribution in [0.15, 0.2) is 51.6 Å². The molecule has 5 rings (SSSR count). The van der Waals surface area contributed by atoms with Crippen molar-refractivity contribution >= 4 is 53.2 Å². The van der Waals surface area contributed by atoms with Gasteiger partial charge >= 0.3 is 11.9 Å². The Balaban J connectivity index is 1.29. The van der Waals surface area contributed by atoms with Gasteiger partial charge in [0.15, 0.2) is 0 Å². The lowest BCUT2D eigenvalue weighted by Crippen LogP contribution is -2.70. The summed E-state index contributed by atoms with van der Waals surface area (Å²) in [5.41, 5.74) is 2.00. The molecule has 0 unspecified atom stereocenters. The fourth-order valence-electron chi connectivity index (χ4n) is 4.71. The van der Waals surface area contributed by atoms with Gasteiger partial charge in [0.25, 0.3) is 5.91 Å². The second kappa shape index (κ2) is 9.66. The van der Waals surface area contributed by atoms with Gasteiger partial charge in [0, 0.05) is 22.8 Å². The average Bonchev–Trinajstić information content (AvgIpc) is 3.61. The van der Waals surface area contributed by atoms with E-state index in [1.165, 1.54) is 40.6 Å². The highest BCUT2D eigenvalue weighted by molar-refractivity contribution is 8.00. The second-order valence-corrected chi connectivity index (χ2v) is 11.0. The Bertz CT molecular complexity index is 1240. The lowest BCUT2D eigenvalue weighted by Gasteiger charge is -2.49. The molecule has 10 nitrogen and oxygen atoms in total. The highest BCUT2D eigenvalue weighted by Crippen LogP contribution is 2.49. The van der Waals surface area contributed by atoms with Crippen molar-refractivity contribution in [3.8, 4) is 0 Å². The van der Waals surface area contributed by atoms with Gasteiger partial charge in [0.2, 0.25) is 11.8 Å². The number of carbonyl (C=O) groups is 5. The molecule has 3 heterocycles. The van der Waals surface area contributed by atoms with Crippen LogP contribution in [0.25, 0.3) is 0 Å². The number of thioether (sulfide) groups is 2. The molecule has 1 aromatic rings. The first-order chi connectivity index (χ1) is 17.3. The van der Waals surface area contributed by atoms with Crippen molar-refractivity contribution in [2.45, 2.75) is 35.6 Å². The monoisotopic (exact) mass is 529 g/mol. The maximum absolute atomic E-state index is 13.0. The third kappa shape index (κ3) is 4.50. The first kappa shape index (κ1) is 24.4. The number of aliphatic carboxylic acids is 1. The van der Waals surface area contributed by atoms with E-state index in [9.17, 15) is 29.1 Å². The summed E-state index contributed by atoms with van der Waals surface area (Å²) in [7, 11) is 0. The average molecular weight is 530 g/mol. The van der Waals surface area contributed by atoms with Crippen LogP contribution < -0.4 is 10.6 Å². The van der Waals surface area contributed by atoms with Crippen LogP contribution in [0.5, 0.6) is 0 Å². The lowest BCUT2D eigenvalue weighted by atomic mass is 9.91. The number of nitrogens with zero attached hydrogens (tertiary/aromatic N) is 1. The maximum Gasteiger partial charge on any atom is 0.352 e. The van der Waals surface area contributed by atoms with Crippen molar-refractivity contribution in [3.63, 3.8) is 0 Å². The Morgan fingerprint density at radius 3 is 2.42 bits per heavy atom. The number of fused-ring (bicyclic) bond motifs is 1. The molecule has 3 fully saturated rings. The molecule has 2 atom stereocenters. The summed E-state index contributed by atoms with van der Waals surface area (Å²) < 4.78 is 0. The van der Waals surface area contributed by atoms with Crippen molar-refractivity contribution in [3.05, 3.63) is 52.2 Å². The molecule has 36 heavy (non-hydrogen) atoms. The number of aromatic carboxylic acids is 1. The number of rotatable bonds is 8. The molecular formula is C24H23N3O7S2. The van der Waals surface area contributed by atoms with E-state index in [-0.39, 0.29) is 34.7 Å². The smallest absolute Gasteiger partial charge is 0.352 e. The van der Waals surface area contributed by atoms with Gasteiger partial charge in [-0.05, 0) is 60.6 Å². The van der Waals surface area contributed by atoms with Gasteiger partial charge in [-0.25, -0.2) is 9.59 Å². The molecule has 0 aromatic heterocycles. The molecule has 12 heteroatoms. The number of carboxylic acids is 2. The Morgan fingerprint density at radius 2 is 1.83 bits per heavy atom. The topological polar surface area (TPSA) is 153 Å². The fourth-order valence-corrected chi connectivity index (χ4v) is 6.78. The molecule has 0 radical (unpaired) electrons. The Morgan fingerprint density at radius 1 is 1.11 bits per heavy atom. The van der Waals surface area contributed by atoms with Crippen LogP contribution >= 0.6 is 23.5 Å². The number of benzene rings is 1. The van der Waals surface area contributed by atoms with Gasteiger partial charge in [-0.3, -0.25) is 19.3 Å². The van der Waals surface area contributed by atoms with E-state index in [1.54, 1.807) is 12.1 Å². The molecule has 2 saturated heterocycles. The van der Waals surface area contributed by atoms with E-state index in [0.717, 1.165) is 18.4 Å². The highest BCUT2D eigenvalue weighted by Gasteiger charge is 2.55. The predicted octanol–water partition coefficient (Wildman–Crippen LogP) is 1.44. The molecule has 1 aromatic carbocycles. The molecule has 3 amide bonds. The Hall–Kier alpha value is -3.25. The van der Waals surface area contributed by atoms with Gasteiger partial charge in [-0.15, -0.1) is 23.5 Å². The molecule has 1 aliphatic carbocycles. The van der Waals surface area contributed by atoms with Crippen LogP contribution in [0.3, 0.4) is 0 Å². The third-order valence-corrected chi connectivity index (χ3v) is 8.82. The van der Waals surface area contributed by atoms with Gasteiger partial charge < -0.3 is 20.8 Å². The number of carboxylic acid groups (broad SMARTS) is 2. The predicted molar refractivity (Wildman–Crippen MR) is 131 cm³/mol. The van der Waals surface area contributed by atoms with Gasteiger partial charge in [0.05, 0.1) is 11.3 Å². The first-order valence-electron chi connectivity index (χ1n) is 11.4. The number of hydrogen-bond acceptors (Lipinski definition) is 7.